The second kappa shape index (κ2) is 10.1. The van der Waals surface area contributed by atoms with Gasteiger partial charge in [0.05, 0.1) is 16.6 Å². The summed E-state index contributed by atoms with van der Waals surface area (Å²) in [5.41, 5.74) is 3.26. The lowest BCUT2D eigenvalue weighted by atomic mass is 9.99. The molecule has 0 aliphatic rings. The van der Waals surface area contributed by atoms with Crippen LogP contribution in [0.4, 0.5) is 14.5 Å². The second-order valence-electron chi connectivity index (χ2n) is 7.81. The standard InChI is InChI=1S/C25H26F2N2O3S/c1-4-24(19-6-5-17(2)18(3)15-19)28-25(30)16-29(22-11-7-20(26)8-12-22)33(31,32)23-13-9-21(27)10-14-23/h5-15,24H,4,16H2,1-3H3,(H,28,30). The van der Waals surface area contributed by atoms with Gasteiger partial charge in [0.2, 0.25) is 5.91 Å². The largest absolute Gasteiger partial charge is 0.348 e. The van der Waals surface area contributed by atoms with Crippen LogP contribution >= 0.6 is 0 Å². The van der Waals surface area contributed by atoms with Crippen LogP contribution in [0.15, 0.2) is 71.6 Å². The molecule has 1 amide bonds. The summed E-state index contributed by atoms with van der Waals surface area (Å²) in [6.07, 6.45) is 0.607. The lowest BCUT2D eigenvalue weighted by Crippen LogP contribution is -2.42. The fourth-order valence-electron chi connectivity index (χ4n) is 3.43. The molecule has 3 aromatic rings. The van der Waals surface area contributed by atoms with Gasteiger partial charge in [0.1, 0.15) is 18.2 Å². The summed E-state index contributed by atoms with van der Waals surface area (Å²) in [6.45, 7) is 5.39. The molecule has 0 bridgehead atoms. The predicted octanol–water partition coefficient (Wildman–Crippen LogP) is 5.04. The zero-order valence-corrected chi connectivity index (χ0v) is 19.5. The Morgan fingerprint density at radius 2 is 1.48 bits per heavy atom. The number of hydrogen-bond acceptors (Lipinski definition) is 3. The number of amides is 1. The number of sulfonamides is 1. The minimum absolute atomic E-state index is 0.120. The number of benzene rings is 3. The molecule has 33 heavy (non-hydrogen) atoms. The van der Waals surface area contributed by atoms with Gasteiger partial charge in [0.15, 0.2) is 0 Å². The van der Waals surface area contributed by atoms with Crippen LogP contribution in [0.2, 0.25) is 0 Å². The van der Waals surface area contributed by atoms with Gasteiger partial charge < -0.3 is 5.32 Å². The molecule has 3 rings (SSSR count). The Balaban J connectivity index is 1.90. The van der Waals surface area contributed by atoms with Crippen molar-refractivity contribution in [3.63, 3.8) is 0 Å². The van der Waals surface area contributed by atoms with Crippen molar-refractivity contribution in [2.75, 3.05) is 10.8 Å². The maximum atomic E-state index is 13.5. The van der Waals surface area contributed by atoms with Gasteiger partial charge in [-0.15, -0.1) is 0 Å². The first-order valence-electron chi connectivity index (χ1n) is 10.5. The van der Waals surface area contributed by atoms with Crippen LogP contribution in [0.25, 0.3) is 0 Å². The van der Waals surface area contributed by atoms with Crippen LogP contribution < -0.4 is 9.62 Å². The lowest BCUT2D eigenvalue weighted by molar-refractivity contribution is -0.120. The molecule has 0 radical (unpaired) electrons. The summed E-state index contributed by atoms with van der Waals surface area (Å²) in [5, 5.41) is 2.89. The van der Waals surface area contributed by atoms with Gasteiger partial charge in [-0.05, 0) is 85.5 Å². The predicted molar refractivity (Wildman–Crippen MR) is 124 cm³/mol. The molecule has 0 saturated carbocycles. The summed E-state index contributed by atoms with van der Waals surface area (Å²) in [5.74, 6) is -1.64. The Bertz CT molecular complexity index is 1230. The van der Waals surface area contributed by atoms with E-state index < -0.39 is 34.1 Å². The first-order chi connectivity index (χ1) is 15.6. The van der Waals surface area contributed by atoms with Gasteiger partial charge in [-0.3, -0.25) is 9.10 Å². The highest BCUT2D eigenvalue weighted by Gasteiger charge is 2.28. The number of halogens is 2. The van der Waals surface area contributed by atoms with Gasteiger partial charge in [-0.1, -0.05) is 25.1 Å². The third kappa shape index (κ3) is 5.76. The third-order valence-electron chi connectivity index (χ3n) is 5.48. The van der Waals surface area contributed by atoms with E-state index in [1.165, 1.54) is 12.1 Å². The maximum absolute atomic E-state index is 13.5. The Labute approximate surface area is 193 Å². The van der Waals surface area contributed by atoms with Gasteiger partial charge in [0, 0.05) is 0 Å². The van der Waals surface area contributed by atoms with Gasteiger partial charge >= 0.3 is 0 Å². The quantitative estimate of drug-likeness (QED) is 0.499. The van der Waals surface area contributed by atoms with E-state index in [1.807, 2.05) is 39.0 Å². The number of anilines is 1. The maximum Gasteiger partial charge on any atom is 0.264 e. The highest BCUT2D eigenvalue weighted by Crippen LogP contribution is 2.25. The molecule has 1 unspecified atom stereocenters. The van der Waals surface area contributed by atoms with Crippen molar-refractivity contribution in [3.05, 3.63) is 95.1 Å². The summed E-state index contributed by atoms with van der Waals surface area (Å²) in [4.78, 5) is 12.8. The Kier molecular flexibility index (Phi) is 7.48. The molecule has 0 saturated heterocycles. The minimum atomic E-state index is -4.21. The van der Waals surface area contributed by atoms with Crippen LogP contribution in [0.1, 0.15) is 36.1 Å². The molecular weight excluding hydrogens is 446 g/mol. The van der Waals surface area contributed by atoms with Crippen LogP contribution in [0, 0.1) is 25.5 Å². The number of aryl methyl sites for hydroxylation is 2. The Morgan fingerprint density at radius 1 is 0.909 bits per heavy atom. The van der Waals surface area contributed by atoms with Crippen molar-refractivity contribution in [3.8, 4) is 0 Å². The van der Waals surface area contributed by atoms with E-state index in [1.54, 1.807) is 0 Å². The molecule has 5 nitrogen and oxygen atoms in total. The van der Waals surface area contributed by atoms with E-state index in [2.05, 4.69) is 5.32 Å². The molecular formula is C25H26F2N2O3S. The SMILES string of the molecule is CCC(NC(=O)CN(c1ccc(F)cc1)S(=O)(=O)c1ccc(F)cc1)c1ccc(C)c(C)c1. The average Bonchev–Trinajstić information content (AvgIpc) is 2.78. The summed E-state index contributed by atoms with van der Waals surface area (Å²) in [7, 11) is -4.21. The van der Waals surface area contributed by atoms with Crippen molar-refractivity contribution in [1.82, 2.24) is 5.32 Å². The Hall–Kier alpha value is -3.26. The number of hydrogen-bond donors (Lipinski definition) is 1. The molecule has 1 atom stereocenters. The smallest absolute Gasteiger partial charge is 0.264 e. The molecule has 3 aromatic carbocycles. The average molecular weight is 473 g/mol. The minimum Gasteiger partial charge on any atom is -0.348 e. The van der Waals surface area contributed by atoms with Crippen LogP contribution in [0.5, 0.6) is 0 Å². The fraction of sp³-hybridized carbons (Fsp3) is 0.240. The number of carbonyl (C=O) groups is 1. The molecule has 0 spiro atoms. The fourth-order valence-corrected chi connectivity index (χ4v) is 4.85. The summed E-state index contributed by atoms with van der Waals surface area (Å²) < 4.78 is 54.3. The molecule has 8 heteroatoms. The zero-order valence-electron chi connectivity index (χ0n) is 18.7. The van der Waals surface area contributed by atoms with Crippen LogP contribution in [-0.4, -0.2) is 20.9 Å². The van der Waals surface area contributed by atoms with E-state index in [0.717, 1.165) is 57.4 Å². The van der Waals surface area contributed by atoms with Gasteiger partial charge in [-0.25, -0.2) is 17.2 Å². The molecule has 0 aromatic heterocycles. The molecule has 174 valence electrons. The van der Waals surface area contributed by atoms with Crippen molar-refractivity contribution in [2.45, 2.75) is 38.1 Å². The molecule has 0 heterocycles. The first kappa shape index (κ1) is 24.4. The van der Waals surface area contributed by atoms with Gasteiger partial charge in [-0.2, -0.15) is 0 Å². The topological polar surface area (TPSA) is 66.5 Å². The normalized spacial score (nSPS) is 12.3. The van der Waals surface area contributed by atoms with Crippen LogP contribution in [0.3, 0.4) is 0 Å². The van der Waals surface area contributed by atoms with E-state index in [9.17, 15) is 22.0 Å². The van der Waals surface area contributed by atoms with Crippen molar-refractivity contribution < 1.29 is 22.0 Å². The summed E-state index contributed by atoms with van der Waals surface area (Å²) in [6, 6.07) is 14.7. The molecule has 1 N–H and O–H groups in total. The second-order valence-corrected chi connectivity index (χ2v) is 9.68. The molecule has 0 fully saturated rings. The van der Waals surface area contributed by atoms with Crippen LogP contribution in [-0.2, 0) is 14.8 Å². The highest BCUT2D eigenvalue weighted by atomic mass is 32.2. The lowest BCUT2D eigenvalue weighted by Gasteiger charge is -2.26. The Morgan fingerprint density at radius 3 is 2.03 bits per heavy atom. The first-order valence-corrected chi connectivity index (χ1v) is 12.0. The van der Waals surface area contributed by atoms with E-state index >= 15 is 0 Å². The van der Waals surface area contributed by atoms with E-state index in [4.69, 9.17) is 0 Å². The van der Waals surface area contributed by atoms with Crippen molar-refractivity contribution in [1.29, 1.82) is 0 Å². The third-order valence-corrected chi connectivity index (χ3v) is 7.27. The summed E-state index contributed by atoms with van der Waals surface area (Å²) >= 11 is 0. The van der Waals surface area contributed by atoms with Crippen molar-refractivity contribution >= 4 is 21.6 Å². The number of carbonyl (C=O) groups excluding carboxylic acids is 1. The number of nitrogens with zero attached hydrogens (tertiary/aromatic N) is 1. The molecule has 0 aliphatic heterocycles. The van der Waals surface area contributed by atoms with Gasteiger partial charge in [0.25, 0.3) is 10.0 Å². The number of nitrogens with one attached hydrogen (secondary N) is 1. The zero-order chi connectivity index (χ0) is 24.2. The highest BCUT2D eigenvalue weighted by molar-refractivity contribution is 7.92. The molecule has 0 aliphatic carbocycles. The van der Waals surface area contributed by atoms with Crippen molar-refractivity contribution in [2.24, 2.45) is 0 Å². The van der Waals surface area contributed by atoms with E-state index in [0.29, 0.717) is 6.42 Å². The van der Waals surface area contributed by atoms with E-state index in [-0.39, 0.29) is 16.6 Å². The monoisotopic (exact) mass is 472 g/mol. The number of rotatable bonds is 8.